The van der Waals surface area contributed by atoms with Gasteiger partial charge in [-0.1, -0.05) is 30.3 Å². The normalized spacial score (nSPS) is 14.9. The van der Waals surface area contributed by atoms with Crippen LogP contribution in [-0.2, 0) is 17.8 Å². The summed E-state index contributed by atoms with van der Waals surface area (Å²) in [6.45, 7) is 5.37. The number of thiazole rings is 1. The third kappa shape index (κ3) is 5.79. The maximum atomic E-state index is 12.4. The highest BCUT2D eigenvalue weighted by atomic mass is 32.1. The lowest BCUT2D eigenvalue weighted by atomic mass is 10.1. The van der Waals surface area contributed by atoms with Gasteiger partial charge in [0.15, 0.2) is 0 Å². The maximum Gasteiger partial charge on any atom is 0.335 e. The molecular weight excluding hydrogens is 424 g/mol. The third-order valence-corrected chi connectivity index (χ3v) is 6.43. The van der Waals surface area contributed by atoms with Gasteiger partial charge in [0.1, 0.15) is 5.01 Å². The van der Waals surface area contributed by atoms with Gasteiger partial charge in [-0.2, -0.15) is 0 Å². The lowest BCUT2D eigenvalue weighted by molar-refractivity contribution is -0.115. The van der Waals surface area contributed by atoms with Crippen molar-refractivity contribution in [3.63, 3.8) is 0 Å². The van der Waals surface area contributed by atoms with E-state index in [-0.39, 0.29) is 17.9 Å². The Balaban J connectivity index is 1.33. The molecule has 166 valence electrons. The number of carboxylic acids is 1. The van der Waals surface area contributed by atoms with Crippen LogP contribution in [0.4, 0.5) is 5.69 Å². The van der Waals surface area contributed by atoms with Crippen molar-refractivity contribution in [1.29, 1.82) is 0 Å². The molecule has 0 atom stereocenters. The van der Waals surface area contributed by atoms with Crippen molar-refractivity contribution in [3.05, 3.63) is 70.7 Å². The largest absolute Gasteiger partial charge is 0.478 e. The summed E-state index contributed by atoms with van der Waals surface area (Å²) in [6.07, 6.45) is 0.134. The van der Waals surface area contributed by atoms with Gasteiger partial charge < -0.3 is 15.3 Å². The Morgan fingerprint density at radius 3 is 2.56 bits per heavy atom. The number of aromatic carboxylic acids is 1. The topological polar surface area (TPSA) is 85.8 Å². The van der Waals surface area contributed by atoms with E-state index in [9.17, 15) is 9.59 Å². The standard InChI is InChI=1S/C24H26N4O3S/c1-27-9-11-28(12-10-27)15-17-5-7-18(8-6-17)23-26-21(16-32-23)14-22(29)25-20-4-2-3-19(13-20)24(30)31/h2-8,13,16H,9-12,14-15H2,1H3,(H,25,29)(H,30,31). The molecule has 32 heavy (non-hydrogen) atoms. The van der Waals surface area contributed by atoms with Gasteiger partial charge in [0.2, 0.25) is 5.91 Å². The molecule has 1 fully saturated rings. The molecule has 2 heterocycles. The average molecular weight is 451 g/mol. The van der Waals surface area contributed by atoms with Gasteiger partial charge in [0.25, 0.3) is 0 Å². The second-order valence-electron chi connectivity index (χ2n) is 8.03. The Kier molecular flexibility index (Phi) is 6.94. The average Bonchev–Trinajstić information content (AvgIpc) is 3.24. The van der Waals surface area contributed by atoms with E-state index in [1.54, 1.807) is 12.1 Å². The third-order valence-electron chi connectivity index (χ3n) is 5.49. The van der Waals surface area contributed by atoms with Crippen LogP contribution >= 0.6 is 11.3 Å². The minimum Gasteiger partial charge on any atom is -0.478 e. The molecular formula is C24H26N4O3S. The quantitative estimate of drug-likeness (QED) is 0.574. The molecule has 0 aliphatic carbocycles. The number of hydrogen-bond donors (Lipinski definition) is 2. The SMILES string of the molecule is CN1CCN(Cc2ccc(-c3nc(CC(=O)Nc4cccc(C(=O)O)c4)cs3)cc2)CC1. The molecule has 0 bridgehead atoms. The summed E-state index contributed by atoms with van der Waals surface area (Å²) >= 11 is 1.51. The Hall–Kier alpha value is -3.07. The number of carbonyl (C=O) groups is 2. The van der Waals surface area contributed by atoms with Crippen LogP contribution in [0, 0.1) is 0 Å². The number of anilines is 1. The van der Waals surface area contributed by atoms with Crippen LogP contribution < -0.4 is 5.32 Å². The fraction of sp³-hybridized carbons (Fsp3) is 0.292. The molecule has 0 unspecified atom stereocenters. The van der Waals surface area contributed by atoms with Crippen molar-refractivity contribution in [2.24, 2.45) is 0 Å². The van der Waals surface area contributed by atoms with Gasteiger partial charge in [-0.05, 0) is 30.8 Å². The van der Waals surface area contributed by atoms with Crippen LogP contribution in [-0.4, -0.2) is 65.0 Å². The summed E-state index contributed by atoms with van der Waals surface area (Å²) in [5.74, 6) is -1.26. The van der Waals surface area contributed by atoms with Crippen molar-refractivity contribution in [3.8, 4) is 10.6 Å². The Morgan fingerprint density at radius 1 is 1.09 bits per heavy atom. The van der Waals surface area contributed by atoms with Gasteiger partial charge in [-0.15, -0.1) is 11.3 Å². The summed E-state index contributed by atoms with van der Waals surface area (Å²) in [4.78, 5) is 32.9. The second kappa shape index (κ2) is 10.0. The number of nitrogens with zero attached hydrogens (tertiary/aromatic N) is 3. The number of aromatic nitrogens is 1. The number of piperazine rings is 1. The molecule has 0 spiro atoms. The molecule has 1 aliphatic heterocycles. The highest BCUT2D eigenvalue weighted by molar-refractivity contribution is 7.13. The van der Waals surface area contributed by atoms with Gasteiger partial charge in [0.05, 0.1) is 17.7 Å². The summed E-state index contributed by atoms with van der Waals surface area (Å²) in [6, 6.07) is 14.7. The number of hydrogen-bond acceptors (Lipinski definition) is 6. The Morgan fingerprint density at radius 2 is 1.84 bits per heavy atom. The predicted octanol–water partition coefficient (Wildman–Crippen LogP) is 3.44. The fourth-order valence-corrected chi connectivity index (χ4v) is 4.46. The van der Waals surface area contributed by atoms with E-state index in [4.69, 9.17) is 5.11 Å². The van der Waals surface area contributed by atoms with Gasteiger partial charge in [0, 0.05) is 49.4 Å². The monoisotopic (exact) mass is 450 g/mol. The molecule has 4 rings (SSSR count). The van der Waals surface area contributed by atoms with Gasteiger partial charge >= 0.3 is 5.97 Å². The highest BCUT2D eigenvalue weighted by Gasteiger charge is 2.14. The van der Waals surface area contributed by atoms with Crippen molar-refractivity contribution >= 4 is 28.9 Å². The number of amides is 1. The predicted molar refractivity (Wildman–Crippen MR) is 126 cm³/mol. The van der Waals surface area contributed by atoms with E-state index in [2.05, 4.69) is 51.4 Å². The van der Waals surface area contributed by atoms with Crippen LogP contribution in [0.2, 0.25) is 0 Å². The zero-order chi connectivity index (χ0) is 22.5. The zero-order valence-electron chi connectivity index (χ0n) is 18.0. The molecule has 7 nitrogen and oxygen atoms in total. The van der Waals surface area contributed by atoms with Crippen molar-refractivity contribution in [1.82, 2.24) is 14.8 Å². The first-order valence-electron chi connectivity index (χ1n) is 10.5. The molecule has 1 aliphatic rings. The molecule has 0 saturated carbocycles. The first kappa shape index (κ1) is 22.1. The van der Waals surface area contributed by atoms with Crippen molar-refractivity contribution in [2.45, 2.75) is 13.0 Å². The molecule has 1 saturated heterocycles. The number of carbonyl (C=O) groups excluding carboxylic acids is 1. The molecule has 1 aromatic heterocycles. The Bertz CT molecular complexity index is 1090. The summed E-state index contributed by atoms with van der Waals surface area (Å²) in [5, 5.41) is 14.6. The highest BCUT2D eigenvalue weighted by Crippen LogP contribution is 2.25. The van der Waals surface area contributed by atoms with Crippen LogP contribution in [0.25, 0.3) is 10.6 Å². The van der Waals surface area contributed by atoms with Gasteiger partial charge in [-0.3, -0.25) is 9.69 Å². The van der Waals surface area contributed by atoms with E-state index in [1.165, 1.54) is 29.0 Å². The number of likely N-dealkylation sites (N-methyl/N-ethyl adjacent to an activating group) is 1. The number of benzene rings is 2. The zero-order valence-corrected chi connectivity index (χ0v) is 18.8. The summed E-state index contributed by atoms with van der Waals surface area (Å²) in [7, 11) is 2.16. The smallest absolute Gasteiger partial charge is 0.335 e. The first-order chi connectivity index (χ1) is 15.5. The van der Waals surface area contributed by atoms with Crippen molar-refractivity contribution < 1.29 is 14.7 Å². The van der Waals surface area contributed by atoms with Crippen molar-refractivity contribution in [2.75, 3.05) is 38.5 Å². The second-order valence-corrected chi connectivity index (χ2v) is 8.89. The molecule has 2 N–H and O–H groups in total. The van der Waals surface area contributed by atoms with E-state index in [1.807, 2.05) is 5.38 Å². The van der Waals surface area contributed by atoms with Gasteiger partial charge in [-0.25, -0.2) is 9.78 Å². The van der Waals surface area contributed by atoms with Crippen LogP contribution in [0.3, 0.4) is 0 Å². The lowest BCUT2D eigenvalue weighted by Gasteiger charge is -2.32. The minimum atomic E-state index is -1.03. The first-order valence-corrected chi connectivity index (χ1v) is 11.4. The number of nitrogens with one attached hydrogen (secondary N) is 1. The van der Waals surface area contributed by atoms with Crippen LogP contribution in [0.5, 0.6) is 0 Å². The van der Waals surface area contributed by atoms with Crippen LogP contribution in [0.1, 0.15) is 21.6 Å². The molecule has 0 radical (unpaired) electrons. The van der Waals surface area contributed by atoms with E-state index in [0.29, 0.717) is 11.4 Å². The van der Waals surface area contributed by atoms with Crippen LogP contribution in [0.15, 0.2) is 53.9 Å². The maximum absolute atomic E-state index is 12.4. The lowest BCUT2D eigenvalue weighted by Crippen LogP contribution is -2.43. The van der Waals surface area contributed by atoms with E-state index in [0.717, 1.165) is 43.3 Å². The minimum absolute atomic E-state index is 0.134. The van der Waals surface area contributed by atoms with E-state index >= 15 is 0 Å². The molecule has 8 heteroatoms. The number of rotatable bonds is 7. The Labute approximate surface area is 191 Å². The molecule has 1 amide bonds. The van der Waals surface area contributed by atoms with E-state index < -0.39 is 5.97 Å². The summed E-state index contributed by atoms with van der Waals surface area (Å²) < 4.78 is 0. The fourth-order valence-electron chi connectivity index (χ4n) is 3.64. The molecule has 2 aromatic carbocycles. The summed E-state index contributed by atoms with van der Waals surface area (Å²) in [5.41, 5.74) is 3.62. The molecule has 3 aromatic rings. The number of carboxylic acid groups (broad SMARTS) is 1.